The molecule has 2 aliphatic rings. The summed E-state index contributed by atoms with van der Waals surface area (Å²) >= 11 is 0. The minimum Gasteiger partial charge on any atom is -0.381 e. The zero-order valence-corrected chi connectivity index (χ0v) is 17.6. The average molecular weight is 407 g/mol. The van der Waals surface area contributed by atoms with Crippen molar-refractivity contribution >= 4 is 11.6 Å². The third-order valence-electron chi connectivity index (χ3n) is 5.51. The SMILES string of the molecule is CCNC(=NCCCOCC1CCOCC1)N1CCN(c2ccc(F)cc2)CC1. The molecule has 0 bridgehead atoms. The molecular formula is C22H35FN4O2. The molecular weight excluding hydrogens is 371 g/mol. The minimum atomic E-state index is -0.189. The highest BCUT2D eigenvalue weighted by atomic mass is 19.1. The smallest absolute Gasteiger partial charge is 0.194 e. The van der Waals surface area contributed by atoms with Crippen LogP contribution in [0.1, 0.15) is 26.2 Å². The van der Waals surface area contributed by atoms with E-state index in [1.165, 1.54) is 12.1 Å². The number of nitrogens with one attached hydrogen (secondary N) is 1. The summed E-state index contributed by atoms with van der Waals surface area (Å²) in [5.41, 5.74) is 1.08. The average Bonchev–Trinajstić information content (AvgIpc) is 2.77. The normalized spacial score (nSPS) is 18.9. The number of anilines is 1. The zero-order chi connectivity index (χ0) is 20.3. The van der Waals surface area contributed by atoms with Gasteiger partial charge in [-0.2, -0.15) is 0 Å². The Hall–Kier alpha value is -1.86. The first-order valence-corrected chi connectivity index (χ1v) is 11.0. The van der Waals surface area contributed by atoms with E-state index in [0.717, 1.165) is 96.6 Å². The fourth-order valence-electron chi connectivity index (χ4n) is 3.77. The minimum absolute atomic E-state index is 0.189. The number of rotatable bonds is 8. The lowest BCUT2D eigenvalue weighted by Crippen LogP contribution is -2.52. The van der Waals surface area contributed by atoms with Crippen molar-refractivity contribution < 1.29 is 13.9 Å². The third-order valence-corrected chi connectivity index (χ3v) is 5.51. The van der Waals surface area contributed by atoms with Gasteiger partial charge in [0.15, 0.2) is 5.96 Å². The van der Waals surface area contributed by atoms with Crippen molar-refractivity contribution in [2.45, 2.75) is 26.2 Å². The predicted octanol–water partition coefficient (Wildman–Crippen LogP) is 2.75. The van der Waals surface area contributed by atoms with Crippen molar-refractivity contribution in [1.29, 1.82) is 0 Å². The van der Waals surface area contributed by atoms with Crippen molar-refractivity contribution in [2.24, 2.45) is 10.9 Å². The summed E-state index contributed by atoms with van der Waals surface area (Å²) in [6, 6.07) is 6.75. The van der Waals surface area contributed by atoms with Crippen LogP contribution in [0.15, 0.2) is 29.3 Å². The fraction of sp³-hybridized carbons (Fsp3) is 0.682. The van der Waals surface area contributed by atoms with Crippen LogP contribution in [-0.4, -0.2) is 76.6 Å². The number of halogens is 1. The maximum absolute atomic E-state index is 13.1. The molecule has 0 amide bonds. The molecule has 29 heavy (non-hydrogen) atoms. The lowest BCUT2D eigenvalue weighted by atomic mass is 10.0. The molecule has 0 atom stereocenters. The van der Waals surface area contributed by atoms with Gasteiger partial charge in [0, 0.05) is 71.4 Å². The molecule has 1 aromatic rings. The van der Waals surface area contributed by atoms with E-state index in [4.69, 9.17) is 14.5 Å². The van der Waals surface area contributed by atoms with E-state index in [-0.39, 0.29) is 5.82 Å². The number of aliphatic imine (C=N–C) groups is 1. The standard InChI is InChI=1S/C22H35FN4O2/c1-2-24-22(25-10-3-15-29-18-19-8-16-28-17-9-19)27-13-11-26(12-14-27)21-6-4-20(23)5-7-21/h4-7,19H,2-3,8-18H2,1H3,(H,24,25). The Bertz CT molecular complexity index is 612. The molecule has 6 nitrogen and oxygen atoms in total. The summed E-state index contributed by atoms with van der Waals surface area (Å²) in [6.07, 6.45) is 3.17. The van der Waals surface area contributed by atoms with E-state index in [2.05, 4.69) is 22.0 Å². The zero-order valence-electron chi connectivity index (χ0n) is 17.6. The second-order valence-corrected chi connectivity index (χ2v) is 7.67. The van der Waals surface area contributed by atoms with Crippen LogP contribution in [0.4, 0.5) is 10.1 Å². The van der Waals surface area contributed by atoms with Crippen molar-refractivity contribution in [3.8, 4) is 0 Å². The lowest BCUT2D eigenvalue weighted by molar-refractivity contribution is 0.0205. The van der Waals surface area contributed by atoms with Crippen LogP contribution in [0, 0.1) is 11.7 Å². The molecule has 2 saturated heterocycles. The van der Waals surface area contributed by atoms with Gasteiger partial charge in [-0.1, -0.05) is 0 Å². The lowest BCUT2D eigenvalue weighted by Gasteiger charge is -2.37. The van der Waals surface area contributed by atoms with Gasteiger partial charge in [0.1, 0.15) is 5.82 Å². The van der Waals surface area contributed by atoms with Crippen LogP contribution in [-0.2, 0) is 9.47 Å². The molecule has 7 heteroatoms. The number of guanidine groups is 1. The molecule has 0 spiro atoms. The van der Waals surface area contributed by atoms with Crippen LogP contribution in [0.5, 0.6) is 0 Å². The molecule has 2 fully saturated rings. The number of benzene rings is 1. The largest absolute Gasteiger partial charge is 0.381 e. The number of nitrogens with zero attached hydrogens (tertiary/aromatic N) is 3. The summed E-state index contributed by atoms with van der Waals surface area (Å²) in [5.74, 6) is 1.45. The molecule has 0 aromatic heterocycles. The van der Waals surface area contributed by atoms with Crippen LogP contribution >= 0.6 is 0 Å². The first-order valence-electron chi connectivity index (χ1n) is 11.0. The molecule has 162 valence electrons. The number of ether oxygens (including phenoxy) is 2. The van der Waals surface area contributed by atoms with Gasteiger partial charge in [-0.3, -0.25) is 4.99 Å². The summed E-state index contributed by atoms with van der Waals surface area (Å²) < 4.78 is 24.4. The molecule has 3 rings (SSSR count). The highest BCUT2D eigenvalue weighted by Gasteiger charge is 2.20. The highest BCUT2D eigenvalue weighted by Crippen LogP contribution is 2.17. The van der Waals surface area contributed by atoms with E-state index < -0.39 is 0 Å². The fourth-order valence-corrected chi connectivity index (χ4v) is 3.77. The van der Waals surface area contributed by atoms with Gasteiger partial charge >= 0.3 is 0 Å². The van der Waals surface area contributed by atoms with Crippen molar-refractivity contribution in [3.63, 3.8) is 0 Å². The van der Waals surface area contributed by atoms with E-state index in [9.17, 15) is 4.39 Å². The summed E-state index contributed by atoms with van der Waals surface area (Å²) in [7, 11) is 0. The quantitative estimate of drug-likeness (QED) is 0.409. The monoisotopic (exact) mass is 406 g/mol. The molecule has 0 unspecified atom stereocenters. The maximum atomic E-state index is 13.1. The number of hydrogen-bond donors (Lipinski definition) is 1. The van der Waals surface area contributed by atoms with E-state index >= 15 is 0 Å². The van der Waals surface area contributed by atoms with Crippen molar-refractivity contribution in [3.05, 3.63) is 30.1 Å². The van der Waals surface area contributed by atoms with Crippen molar-refractivity contribution in [2.75, 3.05) is 70.6 Å². The third kappa shape index (κ3) is 7.16. The van der Waals surface area contributed by atoms with Crippen LogP contribution in [0.2, 0.25) is 0 Å². The van der Waals surface area contributed by atoms with Crippen LogP contribution < -0.4 is 10.2 Å². The van der Waals surface area contributed by atoms with E-state index in [1.54, 1.807) is 0 Å². The Morgan fingerprint density at radius 3 is 2.59 bits per heavy atom. The molecule has 0 aliphatic carbocycles. The summed E-state index contributed by atoms with van der Waals surface area (Å²) in [6.45, 7) is 10.7. The van der Waals surface area contributed by atoms with Crippen LogP contribution in [0.25, 0.3) is 0 Å². The molecule has 2 aliphatic heterocycles. The Kier molecular flexibility index (Phi) is 9.02. The Morgan fingerprint density at radius 1 is 1.17 bits per heavy atom. The highest BCUT2D eigenvalue weighted by molar-refractivity contribution is 5.80. The Morgan fingerprint density at radius 2 is 1.90 bits per heavy atom. The molecule has 2 heterocycles. The first-order chi connectivity index (χ1) is 14.3. The first kappa shape index (κ1) is 21.8. The molecule has 1 N–H and O–H groups in total. The van der Waals surface area contributed by atoms with Gasteiger partial charge in [0.25, 0.3) is 0 Å². The Labute approximate surface area is 174 Å². The Balaban J connectivity index is 1.38. The maximum Gasteiger partial charge on any atom is 0.194 e. The molecule has 0 saturated carbocycles. The molecule has 0 radical (unpaired) electrons. The van der Waals surface area contributed by atoms with Gasteiger partial charge in [-0.15, -0.1) is 0 Å². The number of piperazine rings is 1. The summed E-state index contributed by atoms with van der Waals surface area (Å²) in [5, 5.41) is 3.41. The van der Waals surface area contributed by atoms with Gasteiger partial charge in [0.05, 0.1) is 0 Å². The van der Waals surface area contributed by atoms with Crippen molar-refractivity contribution in [1.82, 2.24) is 10.2 Å². The van der Waals surface area contributed by atoms with Gasteiger partial charge in [-0.25, -0.2) is 4.39 Å². The van der Waals surface area contributed by atoms with E-state index in [0.29, 0.717) is 5.92 Å². The topological polar surface area (TPSA) is 49.3 Å². The predicted molar refractivity (Wildman–Crippen MR) is 115 cm³/mol. The number of hydrogen-bond acceptors (Lipinski definition) is 4. The summed E-state index contributed by atoms with van der Waals surface area (Å²) in [4.78, 5) is 9.40. The second-order valence-electron chi connectivity index (χ2n) is 7.67. The van der Waals surface area contributed by atoms with Gasteiger partial charge < -0.3 is 24.6 Å². The molecule has 1 aromatic carbocycles. The van der Waals surface area contributed by atoms with Gasteiger partial charge in [-0.05, 0) is 56.4 Å². The second kappa shape index (κ2) is 12.0. The van der Waals surface area contributed by atoms with Gasteiger partial charge in [0.2, 0.25) is 0 Å². The van der Waals surface area contributed by atoms with Crippen LogP contribution in [0.3, 0.4) is 0 Å². The van der Waals surface area contributed by atoms with E-state index in [1.807, 2.05) is 12.1 Å².